The molecule has 2 N–H and O–H groups in total. The lowest BCUT2D eigenvalue weighted by Crippen LogP contribution is -2.16. The van der Waals surface area contributed by atoms with Crippen LogP contribution in [0.3, 0.4) is 0 Å². The number of aryl methyl sites for hydroxylation is 1. The molecule has 0 aliphatic heterocycles. The lowest BCUT2D eigenvalue weighted by Gasteiger charge is -2.05. The van der Waals surface area contributed by atoms with Crippen LogP contribution in [0, 0.1) is 6.92 Å². The van der Waals surface area contributed by atoms with Gasteiger partial charge in [-0.15, -0.1) is 11.3 Å². The lowest BCUT2D eigenvalue weighted by molar-refractivity contribution is 0.0698. The summed E-state index contributed by atoms with van der Waals surface area (Å²) < 4.78 is 27.3. The topological polar surface area (TPSA) is 96.4 Å². The first kappa shape index (κ1) is 14.4. The summed E-state index contributed by atoms with van der Waals surface area (Å²) in [6, 6.07) is 0. The number of rotatable bonds is 4. The summed E-state index contributed by atoms with van der Waals surface area (Å²) >= 11 is 5.15. The SMILES string of the molecule is Cc1csc(C(=O)O)c1S(=O)(=O)Nc1ncc(Br)s1. The van der Waals surface area contributed by atoms with Crippen LogP contribution in [0.25, 0.3) is 0 Å². The van der Waals surface area contributed by atoms with Gasteiger partial charge in [-0.05, 0) is 33.8 Å². The molecule has 2 rings (SSSR count). The van der Waals surface area contributed by atoms with E-state index in [2.05, 4.69) is 25.6 Å². The summed E-state index contributed by atoms with van der Waals surface area (Å²) in [6.45, 7) is 1.55. The number of aromatic carboxylic acids is 1. The molecule has 10 heteroatoms. The predicted molar refractivity (Wildman–Crippen MR) is 76.6 cm³/mol. The molecular weight excluding hydrogens is 376 g/mol. The second-order valence-corrected chi connectivity index (χ2v) is 8.37. The fourth-order valence-corrected chi connectivity index (χ4v) is 5.36. The van der Waals surface area contributed by atoms with Crippen molar-refractivity contribution >= 4 is 59.7 Å². The Morgan fingerprint density at radius 1 is 1.53 bits per heavy atom. The highest BCUT2D eigenvalue weighted by molar-refractivity contribution is 9.11. The van der Waals surface area contributed by atoms with E-state index in [1.54, 1.807) is 6.92 Å². The first-order chi connectivity index (χ1) is 8.81. The number of nitrogens with one attached hydrogen (secondary N) is 1. The third-order valence-electron chi connectivity index (χ3n) is 2.08. The molecule has 6 nitrogen and oxygen atoms in total. The largest absolute Gasteiger partial charge is 0.477 e. The molecule has 2 aromatic heterocycles. The molecule has 102 valence electrons. The van der Waals surface area contributed by atoms with Crippen molar-refractivity contribution in [2.75, 3.05) is 4.72 Å². The maximum atomic E-state index is 12.2. The van der Waals surface area contributed by atoms with Gasteiger partial charge in [-0.25, -0.2) is 18.2 Å². The molecule has 2 heterocycles. The van der Waals surface area contributed by atoms with Gasteiger partial charge in [0, 0.05) is 0 Å². The van der Waals surface area contributed by atoms with E-state index in [0.717, 1.165) is 22.7 Å². The van der Waals surface area contributed by atoms with Crippen LogP contribution in [0.2, 0.25) is 0 Å². The number of hydrogen-bond acceptors (Lipinski definition) is 6. The number of thiophene rings is 1. The number of carboxylic acid groups (broad SMARTS) is 1. The van der Waals surface area contributed by atoms with Crippen molar-refractivity contribution in [1.29, 1.82) is 0 Å². The molecule has 0 spiro atoms. The minimum Gasteiger partial charge on any atom is -0.477 e. The second kappa shape index (κ2) is 5.19. The summed E-state index contributed by atoms with van der Waals surface area (Å²) in [6.07, 6.45) is 1.46. The Balaban J connectivity index is 2.45. The lowest BCUT2D eigenvalue weighted by atomic mass is 10.3. The van der Waals surface area contributed by atoms with Gasteiger partial charge in [0.2, 0.25) is 0 Å². The van der Waals surface area contributed by atoms with E-state index < -0.39 is 16.0 Å². The summed E-state index contributed by atoms with van der Waals surface area (Å²) in [7, 11) is -3.96. The van der Waals surface area contributed by atoms with Gasteiger partial charge in [0.25, 0.3) is 10.0 Å². The van der Waals surface area contributed by atoms with E-state index in [1.807, 2.05) is 0 Å². The zero-order chi connectivity index (χ0) is 14.2. The molecule has 0 amide bonds. The number of nitrogens with zero attached hydrogens (tertiary/aromatic N) is 1. The molecule has 0 saturated heterocycles. The zero-order valence-electron chi connectivity index (χ0n) is 9.38. The molecule has 0 radical (unpaired) electrons. The van der Waals surface area contributed by atoms with Gasteiger partial charge in [-0.2, -0.15) is 0 Å². The van der Waals surface area contributed by atoms with Crippen molar-refractivity contribution < 1.29 is 18.3 Å². The van der Waals surface area contributed by atoms with Gasteiger partial charge >= 0.3 is 5.97 Å². The summed E-state index contributed by atoms with van der Waals surface area (Å²) in [5.74, 6) is -1.27. The standard InChI is InChI=1S/C9H7BrN2O4S3/c1-4-3-17-6(8(13)14)7(4)19(15,16)12-9-11-2-5(10)18-9/h2-3H,1H3,(H,11,12)(H,13,14). The Morgan fingerprint density at radius 2 is 2.21 bits per heavy atom. The van der Waals surface area contributed by atoms with E-state index in [0.29, 0.717) is 9.35 Å². The molecule has 2 aromatic rings. The molecule has 0 saturated carbocycles. The van der Waals surface area contributed by atoms with E-state index >= 15 is 0 Å². The highest BCUT2D eigenvalue weighted by Crippen LogP contribution is 2.30. The minimum atomic E-state index is -3.96. The number of aromatic nitrogens is 1. The normalized spacial score (nSPS) is 11.5. The van der Waals surface area contributed by atoms with Crippen LogP contribution in [0.1, 0.15) is 15.2 Å². The van der Waals surface area contributed by atoms with Gasteiger partial charge < -0.3 is 5.11 Å². The van der Waals surface area contributed by atoms with Gasteiger partial charge in [-0.3, -0.25) is 4.72 Å². The van der Waals surface area contributed by atoms with Crippen LogP contribution in [0.5, 0.6) is 0 Å². The van der Waals surface area contributed by atoms with Crippen molar-refractivity contribution in [2.45, 2.75) is 11.8 Å². The monoisotopic (exact) mass is 382 g/mol. The Hall–Kier alpha value is -0.970. The number of carbonyl (C=O) groups is 1. The molecule has 0 bridgehead atoms. The highest BCUT2D eigenvalue weighted by Gasteiger charge is 2.27. The average Bonchev–Trinajstić information content (AvgIpc) is 2.84. The molecule has 0 atom stereocenters. The van der Waals surface area contributed by atoms with Crippen molar-refractivity contribution in [3.8, 4) is 0 Å². The van der Waals surface area contributed by atoms with Crippen LogP contribution in [-0.2, 0) is 10.0 Å². The van der Waals surface area contributed by atoms with Crippen LogP contribution < -0.4 is 4.72 Å². The first-order valence-electron chi connectivity index (χ1n) is 4.77. The average molecular weight is 383 g/mol. The third-order valence-corrected chi connectivity index (χ3v) is 6.34. The van der Waals surface area contributed by atoms with Gasteiger partial charge in [0.15, 0.2) is 5.13 Å². The molecule has 0 aliphatic carbocycles. The molecule has 0 aliphatic rings. The van der Waals surface area contributed by atoms with Gasteiger partial charge in [0.05, 0.1) is 9.98 Å². The second-order valence-electron chi connectivity index (χ2n) is 3.46. The number of hydrogen-bond donors (Lipinski definition) is 2. The van der Waals surface area contributed by atoms with Gasteiger partial charge in [-0.1, -0.05) is 11.3 Å². The number of thiazole rings is 1. The Bertz CT molecular complexity index is 734. The number of anilines is 1. The van der Waals surface area contributed by atoms with Crippen LogP contribution >= 0.6 is 38.6 Å². The summed E-state index contributed by atoms with van der Waals surface area (Å²) in [4.78, 5) is 14.5. The van der Waals surface area contributed by atoms with Crippen molar-refractivity contribution in [2.24, 2.45) is 0 Å². The minimum absolute atomic E-state index is 0.175. The van der Waals surface area contributed by atoms with E-state index in [1.165, 1.54) is 11.6 Å². The Morgan fingerprint density at radius 3 is 2.74 bits per heavy atom. The Labute approximate surface area is 125 Å². The van der Waals surface area contributed by atoms with Crippen LogP contribution in [0.4, 0.5) is 5.13 Å². The zero-order valence-corrected chi connectivity index (χ0v) is 13.4. The first-order valence-corrected chi connectivity index (χ1v) is 8.74. The van der Waals surface area contributed by atoms with Crippen LogP contribution in [-0.4, -0.2) is 24.5 Å². The third kappa shape index (κ3) is 2.96. The molecule has 19 heavy (non-hydrogen) atoms. The van der Waals surface area contributed by atoms with Gasteiger partial charge in [0.1, 0.15) is 9.77 Å². The Kier molecular flexibility index (Phi) is 3.95. The number of halogens is 1. The van der Waals surface area contributed by atoms with Crippen molar-refractivity contribution in [1.82, 2.24) is 4.98 Å². The van der Waals surface area contributed by atoms with E-state index in [-0.39, 0.29) is 14.9 Å². The smallest absolute Gasteiger partial charge is 0.347 e. The summed E-state index contributed by atoms with van der Waals surface area (Å²) in [5.41, 5.74) is 0.394. The summed E-state index contributed by atoms with van der Waals surface area (Å²) in [5, 5.41) is 10.7. The quantitative estimate of drug-likeness (QED) is 0.847. The number of carboxylic acids is 1. The maximum absolute atomic E-state index is 12.2. The van der Waals surface area contributed by atoms with E-state index in [4.69, 9.17) is 5.11 Å². The predicted octanol–water partition coefficient (Wildman–Crippen LogP) is 2.77. The maximum Gasteiger partial charge on any atom is 0.347 e. The van der Waals surface area contributed by atoms with Crippen LogP contribution in [0.15, 0.2) is 20.3 Å². The fourth-order valence-electron chi connectivity index (χ4n) is 1.38. The van der Waals surface area contributed by atoms with E-state index in [9.17, 15) is 13.2 Å². The molecule has 0 unspecified atom stereocenters. The molecule has 0 fully saturated rings. The molecular formula is C9H7BrN2O4S3. The molecule has 0 aromatic carbocycles. The van der Waals surface area contributed by atoms with Crippen molar-refractivity contribution in [3.05, 3.63) is 25.8 Å². The highest BCUT2D eigenvalue weighted by atomic mass is 79.9. The van der Waals surface area contributed by atoms with Crippen molar-refractivity contribution in [3.63, 3.8) is 0 Å². The number of sulfonamides is 1. The fraction of sp³-hybridized carbons (Fsp3) is 0.111.